The number of benzene rings is 2. The number of fused-ring (bicyclic) bond motifs is 2. The second-order valence-electron chi connectivity index (χ2n) is 15.6. The summed E-state index contributed by atoms with van der Waals surface area (Å²) in [5.41, 5.74) is 8.45. The summed E-state index contributed by atoms with van der Waals surface area (Å²) < 4.78 is 17.9. The van der Waals surface area contributed by atoms with E-state index in [0.717, 1.165) is 82.1 Å². The first-order valence-corrected chi connectivity index (χ1v) is 23.1. The van der Waals surface area contributed by atoms with E-state index in [1.54, 1.807) is 80.4 Å². The lowest BCUT2D eigenvalue weighted by molar-refractivity contribution is -0.156. The molecule has 8 rings (SSSR count). The Bertz CT molecular complexity index is 2650. The monoisotopic (exact) mass is 1070 g/mol. The van der Waals surface area contributed by atoms with E-state index in [1.165, 1.54) is 13.8 Å². The van der Waals surface area contributed by atoms with Gasteiger partial charge in [-0.2, -0.15) is 54.0 Å². The maximum absolute atomic E-state index is 11.8. The Morgan fingerprint density at radius 3 is 1.31 bits per heavy atom. The molecule has 2 aliphatic rings. The molecule has 4 heterocycles. The maximum Gasteiger partial charge on any atom is 0.310 e. The fraction of sp³-hybridized carbons (Fsp3) is 0.370. The van der Waals surface area contributed by atoms with Crippen molar-refractivity contribution in [2.24, 2.45) is 5.73 Å². The molecule has 380 valence electrons. The Labute approximate surface area is 442 Å². The van der Waals surface area contributed by atoms with Crippen molar-refractivity contribution in [3.63, 3.8) is 0 Å². The van der Waals surface area contributed by atoms with Gasteiger partial charge in [-0.15, -0.1) is 0 Å². The minimum absolute atomic E-state index is 0. The normalized spacial score (nSPS) is 16.7. The molecule has 0 spiro atoms. The quantitative estimate of drug-likeness (QED) is 0.0536. The van der Waals surface area contributed by atoms with Crippen LogP contribution in [0, 0.1) is 0 Å². The summed E-state index contributed by atoms with van der Waals surface area (Å²) >= 11 is 3.21. The number of esters is 2. The number of nitrogens with zero attached hydrogens (tertiary/aromatic N) is 4. The zero-order valence-electron chi connectivity index (χ0n) is 39.3. The van der Waals surface area contributed by atoms with Gasteiger partial charge in [-0.05, 0) is 87.8 Å². The van der Waals surface area contributed by atoms with E-state index in [9.17, 15) is 24.0 Å². The van der Waals surface area contributed by atoms with Crippen LogP contribution in [0.3, 0.4) is 0 Å². The molecule has 0 bridgehead atoms. The highest BCUT2D eigenvalue weighted by molar-refractivity contribution is 7.59. The molecule has 4 aromatic heterocycles. The number of amides is 3. The van der Waals surface area contributed by atoms with Gasteiger partial charge in [0.15, 0.2) is 10.3 Å². The molecule has 0 unspecified atom stereocenters. The molecule has 7 N–H and O–H groups in total. The van der Waals surface area contributed by atoms with Crippen molar-refractivity contribution < 1.29 is 38.2 Å². The van der Waals surface area contributed by atoms with Crippen LogP contribution in [0.1, 0.15) is 93.1 Å². The van der Waals surface area contributed by atoms with E-state index >= 15 is 0 Å². The Hall–Kier alpha value is -5.37. The van der Waals surface area contributed by atoms with Crippen LogP contribution in [-0.4, -0.2) is 87.9 Å². The van der Waals surface area contributed by atoms with Crippen LogP contribution in [-0.2, 0) is 19.1 Å². The third-order valence-electron chi connectivity index (χ3n) is 10.4. The fourth-order valence-corrected chi connectivity index (χ4v) is 9.21. The van der Waals surface area contributed by atoms with Gasteiger partial charge in [0.1, 0.15) is 34.4 Å². The highest BCUT2D eigenvalue weighted by Crippen LogP contribution is 2.35. The number of hydrogen-bond donors (Lipinski definition) is 6. The third kappa shape index (κ3) is 18.8. The summed E-state index contributed by atoms with van der Waals surface area (Å²) in [5, 5.41) is 17.0. The zero-order chi connectivity index (χ0) is 47.2. The van der Waals surface area contributed by atoms with Crippen LogP contribution >= 0.6 is 76.7 Å². The van der Waals surface area contributed by atoms with Crippen LogP contribution in [0.15, 0.2) is 73.1 Å². The number of nitrogens with two attached hydrogens (primary N) is 1. The molecule has 3 amide bonds. The highest BCUT2D eigenvalue weighted by Gasteiger charge is 2.23. The van der Waals surface area contributed by atoms with Crippen molar-refractivity contribution in [1.82, 2.24) is 35.9 Å². The number of carbonyl (C=O) groups excluding carboxylic acids is 5. The van der Waals surface area contributed by atoms with Crippen molar-refractivity contribution in [2.45, 2.75) is 96.3 Å². The maximum atomic E-state index is 11.8. The number of hydrogen-bond acceptors (Lipinski definition) is 17. The van der Waals surface area contributed by atoms with Gasteiger partial charge in [0.2, 0.25) is 5.91 Å². The molecular formula is C46H62N10O8S6. The first-order valence-electron chi connectivity index (χ1n) is 21.5. The van der Waals surface area contributed by atoms with Crippen LogP contribution in [0.25, 0.3) is 20.4 Å². The standard InChI is InChI=1S/C22H25N5O3S.C20H23N5O2S.C4H6O3.4H2S/c1-13(28)25-14-3-5-15(6-4-14)26-22-27-18-8-7-16(12-20(18)31-22)30-17-9-10-24-19(11-17)21(29)23-2;1-22-19(26)17-10-15(8-9-23-17)27-14-6-7-16-18(11-14)28-20(25-16)24-13-4-2-12(21)3-5-13;1-3(5)7-4(2)6;;;;/h7-12,14-15H,3-6H2,1-2H3,(H,23,29)(H,25,28)(H,26,27);6-13H,2-5,21H2,1H3,(H,22,26)(H,24,25);1-2H3;4*1H2. The molecule has 6 aromatic rings. The van der Waals surface area contributed by atoms with Crippen molar-refractivity contribution >= 4 is 137 Å². The summed E-state index contributed by atoms with van der Waals surface area (Å²) in [7, 11) is 3.14. The molecule has 2 aliphatic carbocycles. The van der Waals surface area contributed by atoms with Crippen molar-refractivity contribution in [3.05, 3.63) is 84.4 Å². The lowest BCUT2D eigenvalue weighted by Gasteiger charge is -2.29. The van der Waals surface area contributed by atoms with E-state index in [2.05, 4.69) is 51.3 Å². The van der Waals surface area contributed by atoms with Gasteiger partial charge in [0, 0.05) is 95.7 Å². The van der Waals surface area contributed by atoms with Crippen LogP contribution in [0.4, 0.5) is 10.3 Å². The topological polar surface area (TPSA) is 251 Å². The van der Waals surface area contributed by atoms with Gasteiger partial charge >= 0.3 is 11.9 Å². The average molecular weight is 1080 g/mol. The summed E-state index contributed by atoms with van der Waals surface area (Å²) in [6.45, 7) is 3.93. The second kappa shape index (κ2) is 29.7. The Morgan fingerprint density at radius 2 is 0.943 bits per heavy atom. The van der Waals surface area contributed by atoms with Crippen molar-refractivity contribution in [1.29, 1.82) is 0 Å². The molecule has 2 aromatic carbocycles. The predicted octanol–water partition coefficient (Wildman–Crippen LogP) is 7.77. The number of thiazole rings is 2. The molecule has 0 saturated heterocycles. The predicted molar refractivity (Wildman–Crippen MR) is 296 cm³/mol. The number of carbonyl (C=O) groups is 5. The fourth-order valence-electron chi connectivity index (χ4n) is 7.27. The van der Waals surface area contributed by atoms with Crippen molar-refractivity contribution in [3.8, 4) is 23.0 Å². The van der Waals surface area contributed by atoms with E-state index in [4.69, 9.17) is 15.2 Å². The van der Waals surface area contributed by atoms with Gasteiger partial charge in [0.25, 0.3) is 11.8 Å². The summed E-state index contributed by atoms with van der Waals surface area (Å²) in [4.78, 5) is 71.8. The van der Waals surface area contributed by atoms with Crippen LogP contribution < -0.4 is 41.8 Å². The van der Waals surface area contributed by atoms with Gasteiger partial charge < -0.3 is 46.5 Å². The Balaban J connectivity index is 0.000000404. The molecule has 2 saturated carbocycles. The highest BCUT2D eigenvalue weighted by atomic mass is 32.1. The molecule has 0 atom stereocenters. The minimum atomic E-state index is -0.562. The number of pyridine rings is 2. The van der Waals surface area contributed by atoms with E-state index in [1.807, 2.05) is 36.4 Å². The minimum Gasteiger partial charge on any atom is -0.457 e. The van der Waals surface area contributed by atoms with Crippen LogP contribution in [0.2, 0.25) is 0 Å². The largest absolute Gasteiger partial charge is 0.457 e. The van der Waals surface area contributed by atoms with Gasteiger partial charge in [-0.25, -0.2) is 9.97 Å². The van der Waals surface area contributed by atoms with E-state index in [-0.39, 0.29) is 77.7 Å². The molecule has 70 heavy (non-hydrogen) atoms. The summed E-state index contributed by atoms with van der Waals surface area (Å²) in [5.74, 6) is 0.888. The van der Waals surface area contributed by atoms with Gasteiger partial charge in [-0.1, -0.05) is 22.7 Å². The summed E-state index contributed by atoms with van der Waals surface area (Å²) in [6, 6.07) is 19.6. The lowest BCUT2D eigenvalue weighted by atomic mass is 9.91. The Morgan fingerprint density at radius 1 is 0.557 bits per heavy atom. The van der Waals surface area contributed by atoms with Crippen LogP contribution in [0.5, 0.6) is 23.0 Å². The molecule has 24 heteroatoms. The molecular weight excluding hydrogens is 1010 g/mol. The van der Waals surface area contributed by atoms with Gasteiger partial charge in [-0.3, -0.25) is 33.9 Å². The Kier molecular flexibility index (Phi) is 25.8. The molecule has 0 radical (unpaired) electrons. The lowest BCUT2D eigenvalue weighted by Crippen LogP contribution is -2.39. The summed E-state index contributed by atoms with van der Waals surface area (Å²) in [6.07, 6.45) is 11.4. The molecule has 0 aliphatic heterocycles. The number of anilines is 2. The SMILES string of the molecule is CC(=O)OC(C)=O.CNC(=O)c1cc(Oc2ccc3nc(NC4CCC(N)CC4)sc3c2)ccn1.CNC(=O)c1cc(Oc2ccc3nc(NC4CCC(NC(C)=O)CC4)sc3c2)ccn1.S.S.S.S. The van der Waals surface area contributed by atoms with Gasteiger partial charge in [0.05, 0.1) is 20.4 Å². The average Bonchev–Trinajstić information content (AvgIpc) is 3.89. The smallest absolute Gasteiger partial charge is 0.310 e. The number of aromatic nitrogens is 4. The molecule has 2 fully saturated rings. The van der Waals surface area contributed by atoms with Crippen molar-refractivity contribution in [2.75, 3.05) is 24.7 Å². The zero-order valence-corrected chi connectivity index (χ0v) is 45.0. The molecule has 18 nitrogen and oxygen atoms in total. The first-order chi connectivity index (χ1) is 31.7. The number of nitrogens with one attached hydrogen (secondary N) is 5. The number of rotatable bonds is 11. The third-order valence-corrected chi connectivity index (χ3v) is 12.3. The second-order valence-corrected chi connectivity index (χ2v) is 17.7. The van der Waals surface area contributed by atoms with E-state index < -0.39 is 11.9 Å². The first kappa shape index (κ1) is 60.8. The number of ether oxygens (including phenoxy) is 3. The van der Waals surface area contributed by atoms with E-state index in [0.29, 0.717) is 52.5 Å².